The summed E-state index contributed by atoms with van der Waals surface area (Å²) < 4.78 is 13.0. The average molecular weight is 412 g/mol. The third-order valence-corrected chi connectivity index (χ3v) is 4.56. The second-order valence-corrected chi connectivity index (χ2v) is 6.77. The molecule has 2 aromatic heterocycles. The lowest BCUT2D eigenvalue weighted by molar-refractivity contribution is -0.132. The van der Waals surface area contributed by atoms with Gasteiger partial charge in [0.25, 0.3) is 0 Å². The molecule has 3 aromatic rings. The molecule has 0 aliphatic carbocycles. The molecule has 0 aliphatic rings. The minimum absolute atomic E-state index is 0.0276. The summed E-state index contributed by atoms with van der Waals surface area (Å²) in [5.74, 6) is 1.67. The first-order valence-electron chi connectivity index (χ1n) is 10.1. The number of hydrogen-bond donors (Lipinski definition) is 1. The predicted molar refractivity (Wildman–Crippen MR) is 114 cm³/mol. The van der Waals surface area contributed by atoms with Crippen LogP contribution in [0.5, 0.6) is 11.5 Å². The second kappa shape index (κ2) is 9.91. The molecular weight excluding hydrogens is 384 g/mol. The number of benzene rings is 1. The molecule has 0 saturated heterocycles. The molecule has 0 aliphatic heterocycles. The van der Waals surface area contributed by atoms with E-state index in [2.05, 4.69) is 15.0 Å². The van der Waals surface area contributed by atoms with E-state index < -0.39 is 0 Å². The van der Waals surface area contributed by atoms with Gasteiger partial charge in [-0.3, -0.25) is 4.79 Å². The molecule has 160 valence electrons. The van der Waals surface area contributed by atoms with Crippen molar-refractivity contribution in [2.75, 3.05) is 25.5 Å². The van der Waals surface area contributed by atoms with Crippen LogP contribution in [0.4, 0.5) is 5.82 Å². The van der Waals surface area contributed by atoms with Crippen LogP contribution in [0.1, 0.15) is 32.8 Å². The highest BCUT2D eigenvalue weighted by molar-refractivity contribution is 5.83. The molecule has 9 nitrogen and oxygen atoms in total. The Kier molecular flexibility index (Phi) is 7.05. The van der Waals surface area contributed by atoms with Crippen molar-refractivity contribution in [3.63, 3.8) is 0 Å². The Labute approximate surface area is 175 Å². The van der Waals surface area contributed by atoms with E-state index in [1.54, 1.807) is 10.9 Å². The Bertz CT molecular complexity index is 1000. The Morgan fingerprint density at radius 3 is 2.60 bits per heavy atom. The number of nitrogen functional groups attached to an aromatic ring is 1. The van der Waals surface area contributed by atoms with Gasteiger partial charge in [-0.25, -0.2) is 15.0 Å². The molecule has 0 fully saturated rings. The molecule has 2 heterocycles. The maximum Gasteiger partial charge on any atom is 0.242 e. The van der Waals surface area contributed by atoms with Crippen LogP contribution < -0.4 is 15.2 Å². The lowest BCUT2D eigenvalue weighted by Crippen LogP contribution is -2.34. The standard InChI is InChI=1S/C21H28N6O3/c1-4-9-26(11-15-7-8-16(29-5-2)17(10-15)30-6-3)18(28)12-27-14-25-19-20(22)23-13-24-21(19)27/h7-8,10,13-14H,4-6,9,11-12H2,1-3H3,(H2,22,23,24). The fourth-order valence-electron chi connectivity index (χ4n) is 3.24. The molecule has 3 rings (SSSR count). The summed E-state index contributed by atoms with van der Waals surface area (Å²) in [4.78, 5) is 27.3. The molecule has 9 heteroatoms. The van der Waals surface area contributed by atoms with Crippen LogP contribution in [-0.4, -0.2) is 50.1 Å². The Balaban J connectivity index is 1.78. The van der Waals surface area contributed by atoms with E-state index in [9.17, 15) is 4.79 Å². The zero-order valence-corrected chi connectivity index (χ0v) is 17.7. The van der Waals surface area contributed by atoms with Gasteiger partial charge in [0.15, 0.2) is 23.0 Å². The predicted octanol–water partition coefficient (Wildman–Crippen LogP) is 2.64. The summed E-state index contributed by atoms with van der Waals surface area (Å²) >= 11 is 0. The van der Waals surface area contributed by atoms with Crippen LogP contribution in [-0.2, 0) is 17.9 Å². The molecule has 2 N–H and O–H groups in total. The number of imidazole rings is 1. The molecular formula is C21H28N6O3. The largest absolute Gasteiger partial charge is 0.490 e. The van der Waals surface area contributed by atoms with Crippen LogP contribution in [0.15, 0.2) is 30.9 Å². The Morgan fingerprint density at radius 1 is 1.10 bits per heavy atom. The average Bonchev–Trinajstić information content (AvgIpc) is 3.14. The third-order valence-electron chi connectivity index (χ3n) is 4.56. The Hall–Kier alpha value is -3.36. The lowest BCUT2D eigenvalue weighted by atomic mass is 10.1. The summed E-state index contributed by atoms with van der Waals surface area (Å²) in [7, 11) is 0. The highest BCUT2D eigenvalue weighted by Gasteiger charge is 2.17. The molecule has 30 heavy (non-hydrogen) atoms. The van der Waals surface area contributed by atoms with E-state index in [4.69, 9.17) is 15.2 Å². The summed E-state index contributed by atoms with van der Waals surface area (Å²) in [5.41, 5.74) is 7.86. The Morgan fingerprint density at radius 2 is 1.87 bits per heavy atom. The van der Waals surface area contributed by atoms with Crippen LogP contribution in [0.25, 0.3) is 11.2 Å². The van der Waals surface area contributed by atoms with E-state index in [0.717, 1.165) is 12.0 Å². The van der Waals surface area contributed by atoms with Crippen molar-refractivity contribution in [2.45, 2.75) is 40.3 Å². The molecule has 1 amide bonds. The van der Waals surface area contributed by atoms with Crippen molar-refractivity contribution in [2.24, 2.45) is 0 Å². The number of fused-ring (bicyclic) bond motifs is 1. The van der Waals surface area contributed by atoms with Gasteiger partial charge < -0.3 is 24.7 Å². The first kappa shape index (κ1) is 21.4. The summed E-state index contributed by atoms with van der Waals surface area (Å²) in [5, 5.41) is 0. The minimum Gasteiger partial charge on any atom is -0.490 e. The lowest BCUT2D eigenvalue weighted by Gasteiger charge is -2.23. The molecule has 0 saturated carbocycles. The number of ether oxygens (including phenoxy) is 2. The van der Waals surface area contributed by atoms with Crippen molar-refractivity contribution in [3.8, 4) is 11.5 Å². The van der Waals surface area contributed by atoms with Crippen LogP contribution in [0.3, 0.4) is 0 Å². The fraction of sp³-hybridized carbons (Fsp3) is 0.429. The quantitative estimate of drug-likeness (QED) is 0.545. The summed E-state index contributed by atoms with van der Waals surface area (Å²) in [6.07, 6.45) is 3.79. The van der Waals surface area contributed by atoms with Gasteiger partial charge in [0.1, 0.15) is 18.4 Å². The SMILES string of the molecule is CCCN(Cc1ccc(OCC)c(OCC)c1)C(=O)Cn1cnc2c(N)ncnc21. The number of carbonyl (C=O) groups is 1. The van der Waals surface area contributed by atoms with Gasteiger partial charge in [-0.1, -0.05) is 13.0 Å². The highest BCUT2D eigenvalue weighted by atomic mass is 16.5. The number of carbonyl (C=O) groups excluding carboxylic acids is 1. The van der Waals surface area contributed by atoms with Crippen molar-refractivity contribution >= 4 is 22.9 Å². The van der Waals surface area contributed by atoms with E-state index >= 15 is 0 Å². The van der Waals surface area contributed by atoms with Gasteiger partial charge in [-0.2, -0.15) is 0 Å². The van der Waals surface area contributed by atoms with Gasteiger partial charge in [-0.15, -0.1) is 0 Å². The fourth-order valence-corrected chi connectivity index (χ4v) is 3.24. The number of rotatable bonds is 10. The second-order valence-electron chi connectivity index (χ2n) is 6.77. The van der Waals surface area contributed by atoms with E-state index in [1.807, 2.05) is 43.9 Å². The molecule has 1 aromatic carbocycles. The summed E-state index contributed by atoms with van der Waals surface area (Å²) in [6, 6.07) is 5.79. The molecule has 0 radical (unpaired) electrons. The number of nitrogens with two attached hydrogens (primary N) is 1. The normalized spacial score (nSPS) is 10.9. The number of hydrogen-bond acceptors (Lipinski definition) is 7. The highest BCUT2D eigenvalue weighted by Crippen LogP contribution is 2.29. The summed E-state index contributed by atoms with van der Waals surface area (Å²) in [6.45, 7) is 8.26. The van der Waals surface area contributed by atoms with Gasteiger partial charge >= 0.3 is 0 Å². The molecule has 0 bridgehead atoms. The molecule has 0 atom stereocenters. The monoisotopic (exact) mass is 412 g/mol. The third kappa shape index (κ3) is 4.79. The van der Waals surface area contributed by atoms with Gasteiger partial charge in [-0.05, 0) is 38.0 Å². The number of anilines is 1. The first-order valence-corrected chi connectivity index (χ1v) is 10.1. The number of amides is 1. The topological polar surface area (TPSA) is 108 Å². The molecule has 0 spiro atoms. The van der Waals surface area contributed by atoms with E-state index in [-0.39, 0.29) is 12.5 Å². The van der Waals surface area contributed by atoms with Crippen molar-refractivity contribution in [1.82, 2.24) is 24.4 Å². The van der Waals surface area contributed by atoms with Crippen molar-refractivity contribution in [1.29, 1.82) is 0 Å². The van der Waals surface area contributed by atoms with Crippen molar-refractivity contribution < 1.29 is 14.3 Å². The number of nitrogens with zero attached hydrogens (tertiary/aromatic N) is 5. The smallest absolute Gasteiger partial charge is 0.242 e. The number of aromatic nitrogens is 4. The zero-order chi connectivity index (χ0) is 21.5. The van der Waals surface area contributed by atoms with Gasteiger partial charge in [0.05, 0.1) is 19.5 Å². The maximum absolute atomic E-state index is 13.1. The van der Waals surface area contributed by atoms with Crippen LogP contribution in [0, 0.1) is 0 Å². The van der Waals surface area contributed by atoms with Gasteiger partial charge in [0, 0.05) is 13.1 Å². The first-order chi connectivity index (χ1) is 14.6. The van der Waals surface area contributed by atoms with E-state index in [0.29, 0.717) is 54.8 Å². The molecule has 0 unspecified atom stereocenters. The van der Waals surface area contributed by atoms with Crippen molar-refractivity contribution in [3.05, 3.63) is 36.4 Å². The van der Waals surface area contributed by atoms with E-state index in [1.165, 1.54) is 6.33 Å². The zero-order valence-electron chi connectivity index (χ0n) is 17.7. The van der Waals surface area contributed by atoms with Crippen LogP contribution >= 0.6 is 0 Å². The minimum atomic E-state index is -0.0276. The van der Waals surface area contributed by atoms with Crippen LogP contribution in [0.2, 0.25) is 0 Å². The van der Waals surface area contributed by atoms with Gasteiger partial charge in [0.2, 0.25) is 5.91 Å². The maximum atomic E-state index is 13.1.